The fourth-order valence-corrected chi connectivity index (χ4v) is 1.23. The maximum Gasteiger partial charge on any atom is 0.130 e. The van der Waals surface area contributed by atoms with Crippen LogP contribution >= 0.6 is 11.6 Å². The van der Waals surface area contributed by atoms with Crippen molar-refractivity contribution in [1.82, 2.24) is 5.32 Å². The minimum Gasteiger partial charge on any atom is -0.383 e. The molecule has 1 heterocycles. The Bertz CT molecular complexity index is 353. The Hall–Kier alpha value is -1.22. The number of nitrogens with zero attached hydrogens (tertiary/aromatic N) is 1. The van der Waals surface area contributed by atoms with Crippen molar-refractivity contribution < 1.29 is 0 Å². The number of halogens is 1. The van der Waals surface area contributed by atoms with Crippen LogP contribution in [0, 0.1) is 0 Å². The van der Waals surface area contributed by atoms with Crippen LogP contribution in [0.15, 0.2) is 40.1 Å². The first-order valence-electron chi connectivity index (χ1n) is 4.91. The first kappa shape index (κ1) is 11.9. The molecule has 0 spiro atoms. The van der Waals surface area contributed by atoms with E-state index in [0.717, 1.165) is 12.1 Å². The second-order valence-corrected chi connectivity index (χ2v) is 3.94. The van der Waals surface area contributed by atoms with Crippen LogP contribution in [-0.4, -0.2) is 11.9 Å². The quantitative estimate of drug-likeness (QED) is 0.774. The molecule has 3 nitrogen and oxygen atoms in total. The van der Waals surface area contributed by atoms with Gasteiger partial charge in [-0.25, -0.2) is 4.99 Å². The SMILES string of the molecule is C=C1C=C(NC(C)CC)C(Cl)=CN=C1N. The standard InChI is InChI=1S/C11H16ClN3/c1-4-8(3)15-10-5-7(2)11(13)14-6-9(10)12/h5-6,8,15H,2,4H2,1,3H3,(H2,13,14). The third-order valence-corrected chi connectivity index (χ3v) is 2.54. The highest BCUT2D eigenvalue weighted by atomic mass is 35.5. The zero-order valence-electron chi connectivity index (χ0n) is 9.05. The van der Waals surface area contributed by atoms with Crippen molar-refractivity contribution in [2.75, 3.05) is 0 Å². The number of nitrogens with one attached hydrogen (secondary N) is 1. The minimum atomic E-state index is 0.352. The maximum absolute atomic E-state index is 6.05. The molecule has 0 amide bonds. The third-order valence-electron chi connectivity index (χ3n) is 2.24. The first-order chi connectivity index (χ1) is 7.04. The van der Waals surface area contributed by atoms with Crippen LogP contribution in [0.1, 0.15) is 20.3 Å². The van der Waals surface area contributed by atoms with Gasteiger partial charge in [-0.3, -0.25) is 0 Å². The molecule has 0 radical (unpaired) electrons. The normalized spacial score (nSPS) is 18.6. The van der Waals surface area contributed by atoms with E-state index in [1.165, 1.54) is 6.20 Å². The van der Waals surface area contributed by atoms with Gasteiger partial charge in [-0.05, 0) is 19.4 Å². The van der Waals surface area contributed by atoms with E-state index in [4.69, 9.17) is 17.3 Å². The van der Waals surface area contributed by atoms with Gasteiger partial charge in [-0.1, -0.05) is 25.1 Å². The molecule has 15 heavy (non-hydrogen) atoms. The summed E-state index contributed by atoms with van der Waals surface area (Å²) in [5, 5.41) is 3.83. The molecule has 0 bridgehead atoms. The Morgan fingerprint density at radius 1 is 1.67 bits per heavy atom. The topological polar surface area (TPSA) is 50.4 Å². The molecule has 1 unspecified atom stereocenters. The second-order valence-electron chi connectivity index (χ2n) is 3.53. The van der Waals surface area contributed by atoms with Crippen LogP contribution in [0.4, 0.5) is 0 Å². The fourth-order valence-electron chi connectivity index (χ4n) is 1.07. The number of amidine groups is 1. The van der Waals surface area contributed by atoms with Crippen molar-refractivity contribution in [3.05, 3.63) is 35.2 Å². The van der Waals surface area contributed by atoms with Gasteiger partial charge < -0.3 is 11.1 Å². The molecule has 0 saturated heterocycles. The van der Waals surface area contributed by atoms with Crippen LogP contribution in [0.25, 0.3) is 0 Å². The largest absolute Gasteiger partial charge is 0.383 e. The molecule has 0 fully saturated rings. The lowest BCUT2D eigenvalue weighted by molar-refractivity contribution is 0.602. The average Bonchev–Trinajstić information content (AvgIpc) is 2.33. The van der Waals surface area contributed by atoms with Gasteiger partial charge in [0.1, 0.15) is 5.84 Å². The second kappa shape index (κ2) is 5.03. The summed E-state index contributed by atoms with van der Waals surface area (Å²) in [4.78, 5) is 3.98. The lowest BCUT2D eigenvalue weighted by atomic mass is 10.2. The van der Waals surface area contributed by atoms with Crippen LogP contribution < -0.4 is 11.1 Å². The number of allylic oxidation sites excluding steroid dienone is 1. The summed E-state index contributed by atoms with van der Waals surface area (Å²) in [6, 6.07) is 0.352. The molecule has 3 N–H and O–H groups in total. The van der Waals surface area contributed by atoms with Gasteiger partial charge in [0.05, 0.1) is 16.9 Å². The summed E-state index contributed by atoms with van der Waals surface area (Å²) in [7, 11) is 0. The molecule has 1 rings (SSSR count). The molecule has 0 aromatic heterocycles. The van der Waals surface area contributed by atoms with Crippen molar-refractivity contribution in [3.8, 4) is 0 Å². The van der Waals surface area contributed by atoms with E-state index >= 15 is 0 Å². The summed E-state index contributed by atoms with van der Waals surface area (Å²) < 4.78 is 0. The van der Waals surface area contributed by atoms with Crippen LogP contribution in [0.3, 0.4) is 0 Å². The van der Waals surface area contributed by atoms with Crippen molar-refractivity contribution in [2.45, 2.75) is 26.3 Å². The average molecular weight is 226 g/mol. The molecular weight excluding hydrogens is 210 g/mol. The van der Waals surface area contributed by atoms with Gasteiger partial charge >= 0.3 is 0 Å². The number of nitrogens with two attached hydrogens (primary N) is 1. The van der Waals surface area contributed by atoms with Gasteiger partial charge in [0.15, 0.2) is 0 Å². The van der Waals surface area contributed by atoms with Gasteiger partial charge in [-0.2, -0.15) is 0 Å². The van der Waals surface area contributed by atoms with Gasteiger partial charge in [0.25, 0.3) is 0 Å². The lowest BCUT2D eigenvalue weighted by Crippen LogP contribution is -2.25. The summed E-state index contributed by atoms with van der Waals surface area (Å²) in [6.45, 7) is 8.00. The van der Waals surface area contributed by atoms with E-state index in [2.05, 4.69) is 30.7 Å². The van der Waals surface area contributed by atoms with Crippen molar-refractivity contribution >= 4 is 17.4 Å². The minimum absolute atomic E-state index is 0.352. The fraction of sp³-hybridized carbons (Fsp3) is 0.364. The van der Waals surface area contributed by atoms with Crippen LogP contribution in [0.5, 0.6) is 0 Å². The van der Waals surface area contributed by atoms with E-state index in [0.29, 0.717) is 22.5 Å². The Morgan fingerprint density at radius 3 is 2.93 bits per heavy atom. The molecule has 1 aliphatic rings. The summed E-state index contributed by atoms with van der Waals surface area (Å²) in [5.74, 6) is 0.397. The van der Waals surface area contributed by atoms with Crippen molar-refractivity contribution in [1.29, 1.82) is 0 Å². The zero-order chi connectivity index (χ0) is 11.4. The highest BCUT2D eigenvalue weighted by Gasteiger charge is 2.10. The zero-order valence-corrected chi connectivity index (χ0v) is 9.80. The van der Waals surface area contributed by atoms with E-state index < -0.39 is 0 Å². The first-order valence-corrected chi connectivity index (χ1v) is 5.29. The molecule has 0 saturated carbocycles. The van der Waals surface area contributed by atoms with Gasteiger partial charge in [0.2, 0.25) is 0 Å². The predicted octanol–water partition coefficient (Wildman–Crippen LogP) is 2.27. The Labute approximate surface area is 95.4 Å². The number of rotatable bonds is 3. The highest BCUT2D eigenvalue weighted by Crippen LogP contribution is 2.18. The molecule has 0 aliphatic carbocycles. The number of aliphatic imine (C=N–C) groups is 1. The predicted molar refractivity (Wildman–Crippen MR) is 65.7 cm³/mol. The summed E-state index contributed by atoms with van der Waals surface area (Å²) in [5.41, 5.74) is 7.13. The van der Waals surface area contributed by atoms with E-state index in [9.17, 15) is 0 Å². The monoisotopic (exact) mass is 225 g/mol. The van der Waals surface area contributed by atoms with Crippen LogP contribution in [-0.2, 0) is 0 Å². The van der Waals surface area contributed by atoms with Gasteiger partial charge in [-0.15, -0.1) is 0 Å². The van der Waals surface area contributed by atoms with Crippen LogP contribution in [0.2, 0.25) is 0 Å². The van der Waals surface area contributed by atoms with E-state index in [1.807, 2.05) is 6.08 Å². The van der Waals surface area contributed by atoms with Crippen molar-refractivity contribution in [3.63, 3.8) is 0 Å². The summed E-state index contributed by atoms with van der Waals surface area (Å²) in [6.07, 6.45) is 4.37. The number of hydrogen-bond acceptors (Lipinski definition) is 3. The van der Waals surface area contributed by atoms with E-state index in [1.54, 1.807) is 0 Å². The molecule has 1 aliphatic heterocycles. The molecular formula is C11H16ClN3. The molecule has 1 atom stereocenters. The molecule has 0 aromatic rings. The lowest BCUT2D eigenvalue weighted by Gasteiger charge is -2.15. The highest BCUT2D eigenvalue weighted by molar-refractivity contribution is 6.32. The summed E-state index contributed by atoms with van der Waals surface area (Å²) >= 11 is 6.05. The smallest absolute Gasteiger partial charge is 0.130 e. The van der Waals surface area contributed by atoms with E-state index in [-0.39, 0.29) is 0 Å². The van der Waals surface area contributed by atoms with Crippen molar-refractivity contribution in [2.24, 2.45) is 10.7 Å². The maximum atomic E-state index is 6.05. The third kappa shape index (κ3) is 3.13. The van der Waals surface area contributed by atoms with Gasteiger partial charge in [0, 0.05) is 11.6 Å². The Kier molecular flexibility index (Phi) is 3.97. The Morgan fingerprint density at radius 2 is 2.33 bits per heavy atom. The number of hydrogen-bond donors (Lipinski definition) is 2. The molecule has 0 aromatic carbocycles. The molecule has 4 heteroatoms. The Balaban J connectivity index is 2.89. The molecule has 82 valence electrons.